The first-order valence-corrected chi connectivity index (χ1v) is 10.7. The average Bonchev–Trinajstić information content (AvgIpc) is 2.47. The first-order chi connectivity index (χ1) is 10.4. The summed E-state index contributed by atoms with van der Waals surface area (Å²) in [5, 5.41) is 1.62. The normalized spacial score (nSPS) is 11.8. The fourth-order valence-electron chi connectivity index (χ4n) is 2.68. The van der Waals surface area contributed by atoms with E-state index >= 15 is 0 Å². The molecule has 0 spiro atoms. The molecule has 0 amide bonds. The van der Waals surface area contributed by atoms with E-state index in [1.165, 1.54) is 4.57 Å². The zero-order chi connectivity index (χ0) is 15.9. The van der Waals surface area contributed by atoms with Crippen molar-refractivity contribution in [1.29, 1.82) is 0 Å². The number of aromatic nitrogens is 2. The second-order valence-corrected chi connectivity index (χ2v) is 11.4. The van der Waals surface area contributed by atoms with E-state index in [2.05, 4.69) is 24.6 Å². The van der Waals surface area contributed by atoms with Gasteiger partial charge in [-0.1, -0.05) is 50.0 Å². The van der Waals surface area contributed by atoms with E-state index < -0.39 is 13.8 Å². The molecule has 1 N–H and O–H groups in total. The van der Waals surface area contributed by atoms with Crippen molar-refractivity contribution >= 4 is 24.2 Å². The Labute approximate surface area is 129 Å². The van der Waals surface area contributed by atoms with Crippen LogP contribution in [0.25, 0.3) is 16.6 Å². The van der Waals surface area contributed by atoms with E-state index in [0.29, 0.717) is 16.6 Å². The van der Waals surface area contributed by atoms with Gasteiger partial charge < -0.3 is 4.98 Å². The van der Waals surface area contributed by atoms with Crippen molar-refractivity contribution in [3.05, 3.63) is 69.4 Å². The summed E-state index contributed by atoms with van der Waals surface area (Å²) in [5.74, 6) is 0. The molecule has 0 aliphatic rings. The van der Waals surface area contributed by atoms with Crippen molar-refractivity contribution in [3.8, 4) is 5.69 Å². The zero-order valence-electron chi connectivity index (χ0n) is 12.9. The second kappa shape index (κ2) is 5.10. The highest BCUT2D eigenvalue weighted by Crippen LogP contribution is 2.10. The number of benzene rings is 2. The molecule has 0 bridgehead atoms. The summed E-state index contributed by atoms with van der Waals surface area (Å²) in [6.45, 7) is 6.60. The Hall–Kier alpha value is -2.40. The quantitative estimate of drug-likeness (QED) is 0.738. The molecule has 0 saturated heterocycles. The second-order valence-electron chi connectivity index (χ2n) is 6.38. The van der Waals surface area contributed by atoms with Gasteiger partial charge in [-0.05, 0) is 23.4 Å². The Kier molecular flexibility index (Phi) is 3.37. The largest absolute Gasteiger partial charge is 0.333 e. The van der Waals surface area contributed by atoms with Crippen LogP contribution in [0.15, 0.2) is 58.1 Å². The van der Waals surface area contributed by atoms with Crippen molar-refractivity contribution in [3.63, 3.8) is 0 Å². The van der Waals surface area contributed by atoms with Crippen LogP contribution in [0, 0.1) is 0 Å². The lowest BCUT2D eigenvalue weighted by Gasteiger charge is -2.21. The summed E-state index contributed by atoms with van der Waals surface area (Å²) in [7, 11) is -1.69. The Morgan fingerprint density at radius 1 is 0.909 bits per heavy atom. The van der Waals surface area contributed by atoms with Crippen LogP contribution in [0.5, 0.6) is 0 Å². The summed E-state index contributed by atoms with van der Waals surface area (Å²) < 4.78 is 1.26. The topological polar surface area (TPSA) is 54.9 Å². The maximum atomic E-state index is 12.8. The standard InChI is InChI=1S/C17H18N2O2Si/c1-22(2,3)15-11-7-6-10-14(15)19-16(20)12-8-4-5-9-13(12)18-17(19)21/h4-11H,1-3H3,(H,18,21). The molecule has 4 nitrogen and oxygen atoms in total. The van der Waals surface area contributed by atoms with E-state index in [1.807, 2.05) is 24.3 Å². The number of hydrogen-bond acceptors (Lipinski definition) is 2. The SMILES string of the molecule is C[Si](C)(C)c1ccccc1-n1c(=O)[nH]c2ccccc2c1=O. The summed E-state index contributed by atoms with van der Waals surface area (Å²) in [5.41, 5.74) is 0.595. The highest BCUT2D eigenvalue weighted by atomic mass is 28.3. The minimum atomic E-state index is -1.69. The van der Waals surface area contributed by atoms with Crippen LogP contribution in [0.3, 0.4) is 0 Å². The molecule has 2 aromatic carbocycles. The molecular weight excluding hydrogens is 292 g/mol. The third-order valence-electron chi connectivity index (χ3n) is 3.76. The Morgan fingerprint density at radius 3 is 2.27 bits per heavy atom. The van der Waals surface area contributed by atoms with Gasteiger partial charge >= 0.3 is 5.69 Å². The number of H-pyrrole nitrogens is 1. The highest BCUT2D eigenvalue weighted by Gasteiger charge is 2.22. The lowest BCUT2D eigenvalue weighted by Crippen LogP contribution is -2.44. The van der Waals surface area contributed by atoms with E-state index in [9.17, 15) is 9.59 Å². The average molecular weight is 310 g/mol. The van der Waals surface area contributed by atoms with Gasteiger partial charge in [0.1, 0.15) is 0 Å². The van der Waals surface area contributed by atoms with Gasteiger partial charge in [-0.2, -0.15) is 0 Å². The Balaban J connectivity index is 2.43. The molecule has 0 fully saturated rings. The molecular formula is C17H18N2O2Si. The van der Waals surface area contributed by atoms with Crippen LogP contribution < -0.4 is 16.4 Å². The summed E-state index contributed by atoms with van der Waals surface area (Å²) >= 11 is 0. The van der Waals surface area contributed by atoms with Crippen LogP contribution in [-0.4, -0.2) is 17.6 Å². The van der Waals surface area contributed by atoms with Gasteiger partial charge in [-0.25, -0.2) is 9.36 Å². The Morgan fingerprint density at radius 2 is 1.55 bits per heavy atom. The summed E-state index contributed by atoms with van der Waals surface area (Å²) in [6.07, 6.45) is 0. The third kappa shape index (κ3) is 2.33. The molecule has 0 aliphatic heterocycles. The number of aromatic amines is 1. The van der Waals surface area contributed by atoms with Crippen molar-refractivity contribution < 1.29 is 0 Å². The maximum Gasteiger partial charge on any atom is 0.333 e. The first-order valence-electron chi connectivity index (χ1n) is 7.23. The van der Waals surface area contributed by atoms with Gasteiger partial charge in [0, 0.05) is 0 Å². The molecule has 3 aromatic rings. The van der Waals surface area contributed by atoms with Gasteiger partial charge in [0.15, 0.2) is 0 Å². The minimum Gasteiger partial charge on any atom is -0.306 e. The van der Waals surface area contributed by atoms with Crippen molar-refractivity contribution in [2.45, 2.75) is 19.6 Å². The van der Waals surface area contributed by atoms with E-state index in [1.54, 1.807) is 24.3 Å². The predicted octanol–water partition coefficient (Wildman–Crippen LogP) is 2.22. The molecule has 0 radical (unpaired) electrons. The lowest BCUT2D eigenvalue weighted by atomic mass is 10.2. The minimum absolute atomic E-state index is 0.273. The highest BCUT2D eigenvalue weighted by molar-refractivity contribution is 6.89. The Bertz CT molecular complexity index is 965. The fourth-order valence-corrected chi connectivity index (χ4v) is 4.24. The molecule has 0 unspecified atom stereocenters. The third-order valence-corrected chi connectivity index (χ3v) is 5.80. The fraction of sp³-hybridized carbons (Fsp3) is 0.176. The predicted molar refractivity (Wildman–Crippen MR) is 93.1 cm³/mol. The zero-order valence-corrected chi connectivity index (χ0v) is 13.9. The molecule has 0 atom stereocenters. The number of para-hydroxylation sites is 2. The molecule has 3 rings (SSSR count). The van der Waals surface area contributed by atoms with Crippen LogP contribution >= 0.6 is 0 Å². The van der Waals surface area contributed by atoms with Crippen LogP contribution in [0.1, 0.15) is 0 Å². The molecule has 22 heavy (non-hydrogen) atoms. The molecule has 0 aliphatic carbocycles. The number of hydrogen-bond donors (Lipinski definition) is 1. The van der Waals surface area contributed by atoms with E-state index in [-0.39, 0.29) is 5.56 Å². The number of rotatable bonds is 2. The number of nitrogens with one attached hydrogen (secondary N) is 1. The van der Waals surface area contributed by atoms with Crippen LogP contribution in [-0.2, 0) is 0 Å². The molecule has 5 heteroatoms. The van der Waals surface area contributed by atoms with Crippen molar-refractivity contribution in [2.75, 3.05) is 0 Å². The molecule has 1 aromatic heterocycles. The lowest BCUT2D eigenvalue weighted by molar-refractivity contribution is 0.905. The van der Waals surface area contributed by atoms with Gasteiger partial charge in [0.25, 0.3) is 5.56 Å². The van der Waals surface area contributed by atoms with Crippen LogP contribution in [0.2, 0.25) is 19.6 Å². The smallest absolute Gasteiger partial charge is 0.306 e. The first kappa shape index (κ1) is 14.5. The van der Waals surface area contributed by atoms with Gasteiger partial charge in [-0.15, -0.1) is 0 Å². The van der Waals surface area contributed by atoms with E-state index in [0.717, 1.165) is 5.19 Å². The summed E-state index contributed by atoms with van der Waals surface area (Å²) in [6, 6.07) is 14.8. The number of nitrogens with zero attached hydrogens (tertiary/aromatic N) is 1. The van der Waals surface area contributed by atoms with Crippen LogP contribution in [0.4, 0.5) is 0 Å². The van der Waals surface area contributed by atoms with Gasteiger partial charge in [0.2, 0.25) is 0 Å². The molecule has 112 valence electrons. The monoisotopic (exact) mass is 310 g/mol. The molecule has 0 saturated carbocycles. The summed E-state index contributed by atoms with van der Waals surface area (Å²) in [4.78, 5) is 28.0. The van der Waals surface area contributed by atoms with Gasteiger partial charge in [-0.3, -0.25) is 4.79 Å². The molecule has 1 heterocycles. The van der Waals surface area contributed by atoms with E-state index in [4.69, 9.17) is 0 Å². The van der Waals surface area contributed by atoms with Gasteiger partial charge in [0.05, 0.1) is 24.7 Å². The van der Waals surface area contributed by atoms with Crippen molar-refractivity contribution in [2.24, 2.45) is 0 Å². The number of fused-ring (bicyclic) bond motifs is 1. The van der Waals surface area contributed by atoms with Crippen molar-refractivity contribution in [1.82, 2.24) is 9.55 Å². The maximum absolute atomic E-state index is 12.8.